The topological polar surface area (TPSA) is 260 Å². The number of hydrogen-bond donors (Lipinski definition) is 4. The molecule has 1 rings (SSSR count). The average molecular weight is 469 g/mol. The number of amidine groups is 1. The number of nitrogens with zero attached hydrogens (tertiary/aromatic N) is 4. The van der Waals surface area contributed by atoms with Crippen LogP contribution in [0.1, 0.15) is 0 Å². The lowest BCUT2D eigenvalue weighted by atomic mass is 10.0. The van der Waals surface area contributed by atoms with Gasteiger partial charge in [-0.2, -0.15) is 4.91 Å². The second-order valence-electron chi connectivity index (χ2n) is 5.87. The molecule has 1 aliphatic rings. The normalized spacial score (nSPS) is 25.7. The van der Waals surface area contributed by atoms with Crippen molar-refractivity contribution in [2.24, 2.45) is 26.4 Å². The molecule has 0 aromatic rings. The molecule has 0 bridgehead atoms. The summed E-state index contributed by atoms with van der Waals surface area (Å²) in [7, 11) is 0. The minimum absolute atomic E-state index is 0.177. The molecule has 0 amide bonds. The smallest absolute Gasteiger partial charge is 0.282 e. The summed E-state index contributed by atoms with van der Waals surface area (Å²) in [5.74, 6) is -2.76. The average Bonchev–Trinajstić information content (AvgIpc) is 2.80. The minimum Gasteiger partial charge on any atom is -0.409 e. The first-order chi connectivity index (χ1) is 15.4. The molecule has 182 valence electrons. The second kappa shape index (κ2) is 15.4. The summed E-state index contributed by atoms with van der Waals surface area (Å²) in [5.41, 5.74) is 5.27. The Bertz CT molecular complexity index is 638. The molecule has 0 aromatic heterocycles. The maximum atomic E-state index is 11.6. The summed E-state index contributed by atoms with van der Waals surface area (Å²) in [6.07, 6.45) is -8.20. The van der Waals surface area contributed by atoms with E-state index in [4.69, 9.17) is 39.4 Å². The van der Waals surface area contributed by atoms with E-state index in [0.717, 1.165) is 0 Å². The van der Waals surface area contributed by atoms with Crippen molar-refractivity contribution in [3.8, 4) is 0 Å². The summed E-state index contributed by atoms with van der Waals surface area (Å²) in [6, 6.07) is -1.25. The Morgan fingerprint density at radius 1 is 1.25 bits per heavy atom. The maximum absolute atomic E-state index is 11.6. The lowest BCUT2D eigenvalue weighted by Gasteiger charge is -2.38. The predicted octanol–water partition coefficient (Wildman–Crippen LogP) is -2.30. The minimum atomic E-state index is -2.33. The van der Waals surface area contributed by atoms with Gasteiger partial charge in [0.15, 0.2) is 19.3 Å². The van der Waals surface area contributed by atoms with Crippen LogP contribution in [-0.2, 0) is 33.2 Å². The van der Waals surface area contributed by atoms with Crippen LogP contribution in [0.25, 0.3) is 0 Å². The molecule has 18 nitrogen and oxygen atoms in total. The summed E-state index contributed by atoms with van der Waals surface area (Å²) in [4.78, 5) is 43.4. The highest BCUT2D eigenvalue weighted by Crippen LogP contribution is 2.23. The molecule has 0 aliphatic carbocycles. The van der Waals surface area contributed by atoms with Crippen molar-refractivity contribution >= 4 is 11.6 Å². The van der Waals surface area contributed by atoms with Crippen LogP contribution in [0.5, 0.6) is 0 Å². The van der Waals surface area contributed by atoms with E-state index in [2.05, 4.69) is 20.7 Å². The van der Waals surface area contributed by atoms with Crippen molar-refractivity contribution in [2.75, 3.05) is 39.9 Å². The molecule has 0 spiro atoms. The van der Waals surface area contributed by atoms with E-state index in [1.54, 1.807) is 0 Å². The molecule has 18 heteroatoms. The van der Waals surface area contributed by atoms with E-state index in [1.165, 1.54) is 0 Å². The largest absolute Gasteiger partial charge is 0.409 e. The van der Waals surface area contributed by atoms with Gasteiger partial charge in [0.2, 0.25) is 6.29 Å². The van der Waals surface area contributed by atoms with Gasteiger partial charge >= 0.3 is 0 Å². The van der Waals surface area contributed by atoms with E-state index in [-0.39, 0.29) is 26.6 Å². The first kappa shape index (κ1) is 27.6. The van der Waals surface area contributed by atoms with Crippen LogP contribution >= 0.6 is 0 Å². The monoisotopic (exact) mass is 469 g/mol. The van der Waals surface area contributed by atoms with Crippen LogP contribution in [0.4, 0.5) is 0 Å². The first-order valence-corrected chi connectivity index (χ1v) is 8.90. The van der Waals surface area contributed by atoms with Crippen molar-refractivity contribution in [2.45, 2.75) is 37.1 Å². The predicted molar refractivity (Wildman–Crippen MR) is 98.7 cm³/mol. The van der Waals surface area contributed by atoms with Crippen molar-refractivity contribution in [1.29, 1.82) is 0 Å². The number of ether oxygens (including phenoxy) is 6. The molecule has 0 aromatic carbocycles. The highest BCUT2D eigenvalue weighted by Gasteiger charge is 2.43. The third kappa shape index (κ3) is 8.61. The molecular formula is C14H23N5O13. The van der Waals surface area contributed by atoms with Gasteiger partial charge in [-0.15, -0.1) is 9.81 Å². The van der Waals surface area contributed by atoms with E-state index in [1.807, 2.05) is 0 Å². The molecule has 6 atom stereocenters. The van der Waals surface area contributed by atoms with E-state index < -0.39 is 62.1 Å². The molecule has 6 unspecified atom stereocenters. The van der Waals surface area contributed by atoms with Gasteiger partial charge in [0, 0.05) is 6.54 Å². The molecule has 1 heterocycles. The number of ketones is 1. The van der Waals surface area contributed by atoms with Crippen LogP contribution in [0.15, 0.2) is 20.7 Å². The summed E-state index contributed by atoms with van der Waals surface area (Å²) in [5, 5.41) is 38.1. The Hall–Kier alpha value is -2.42. The summed E-state index contributed by atoms with van der Waals surface area (Å²) >= 11 is 0. The lowest BCUT2D eigenvalue weighted by Crippen LogP contribution is -2.56. The molecule has 1 saturated heterocycles. The van der Waals surface area contributed by atoms with Gasteiger partial charge in [-0.25, -0.2) is 0 Å². The van der Waals surface area contributed by atoms with Crippen molar-refractivity contribution in [3.63, 3.8) is 0 Å². The Balaban J connectivity index is 2.79. The van der Waals surface area contributed by atoms with Gasteiger partial charge in [-0.3, -0.25) is 4.79 Å². The van der Waals surface area contributed by atoms with Crippen LogP contribution in [0, 0.1) is 14.7 Å². The third-order valence-electron chi connectivity index (χ3n) is 3.78. The number of carbonyl (C=O) groups is 1. The molecule has 32 heavy (non-hydrogen) atoms. The molecule has 0 radical (unpaired) electrons. The zero-order valence-electron chi connectivity index (χ0n) is 16.5. The molecule has 5 N–H and O–H groups in total. The van der Waals surface area contributed by atoms with E-state index in [0.29, 0.717) is 0 Å². The molecule has 1 fully saturated rings. The Labute approximate surface area is 179 Å². The van der Waals surface area contributed by atoms with Gasteiger partial charge in [0.1, 0.15) is 31.6 Å². The van der Waals surface area contributed by atoms with Crippen molar-refractivity contribution < 1.29 is 48.6 Å². The van der Waals surface area contributed by atoms with Gasteiger partial charge in [-0.05, 0) is 10.4 Å². The fourth-order valence-electron chi connectivity index (χ4n) is 2.32. The third-order valence-corrected chi connectivity index (χ3v) is 3.78. The van der Waals surface area contributed by atoms with Crippen LogP contribution in [0.2, 0.25) is 0 Å². The Kier molecular flexibility index (Phi) is 13.3. The zero-order valence-corrected chi connectivity index (χ0v) is 16.5. The number of aliphatic hydroxyl groups is 2. The van der Waals surface area contributed by atoms with Crippen molar-refractivity contribution in [3.05, 3.63) is 14.7 Å². The summed E-state index contributed by atoms with van der Waals surface area (Å²) in [6.45, 7) is -1.77. The molecular weight excluding hydrogens is 446 g/mol. The standard InChI is InChI=1S/C14H23N5O13/c15-1-2-27-6-31-14-9(20)11(7(17-24)3-29-14)32-8(30-5-16-23)4-28-13(22)10(21)12(18-25)19-26/h7-9,11,13-14,20,22,25H,1-6,15H2. The highest BCUT2D eigenvalue weighted by molar-refractivity contribution is 6.40. The van der Waals surface area contributed by atoms with Crippen LogP contribution < -0.4 is 5.73 Å². The molecule has 1 aliphatic heterocycles. The van der Waals surface area contributed by atoms with E-state index >= 15 is 0 Å². The Morgan fingerprint density at radius 2 is 2.00 bits per heavy atom. The van der Waals surface area contributed by atoms with Gasteiger partial charge in [-0.1, -0.05) is 10.3 Å². The number of nitrogens with two attached hydrogens (primary N) is 1. The number of rotatable bonds is 16. The van der Waals surface area contributed by atoms with Gasteiger partial charge in [0.25, 0.3) is 11.6 Å². The number of oxime groups is 1. The second-order valence-corrected chi connectivity index (χ2v) is 5.87. The summed E-state index contributed by atoms with van der Waals surface area (Å²) < 4.78 is 30.5. The number of nitroso groups, excluding NO2 is 3. The van der Waals surface area contributed by atoms with E-state index in [9.17, 15) is 29.7 Å². The lowest BCUT2D eigenvalue weighted by molar-refractivity contribution is -0.303. The maximum Gasteiger partial charge on any atom is 0.282 e. The number of hydrogen-bond acceptors (Lipinski definition) is 17. The SMILES string of the molecule is NCCOCOC1OCC(N=O)C(OC(COC(O)C(=O)C(N=O)=NO)OCN=O)C1O. The molecule has 0 saturated carbocycles. The number of aliphatic hydroxyl groups excluding tert-OH is 2. The number of carbonyl (C=O) groups excluding carboxylic acids is 1. The van der Waals surface area contributed by atoms with Gasteiger partial charge in [0.05, 0.1) is 13.2 Å². The fourth-order valence-corrected chi connectivity index (χ4v) is 2.32. The zero-order chi connectivity index (χ0) is 23.9. The first-order valence-electron chi connectivity index (χ1n) is 8.90. The fraction of sp³-hybridized carbons (Fsp3) is 0.857. The quantitative estimate of drug-likeness (QED) is 0.0352. The Morgan fingerprint density at radius 3 is 2.59 bits per heavy atom. The van der Waals surface area contributed by atoms with Crippen LogP contribution in [-0.4, -0.2) is 104 Å². The number of Topliss-reactive ketones (excluding diaryl/α,β-unsaturated/α-hetero) is 1. The van der Waals surface area contributed by atoms with Crippen LogP contribution in [0.3, 0.4) is 0 Å². The van der Waals surface area contributed by atoms with Crippen molar-refractivity contribution in [1.82, 2.24) is 0 Å². The highest BCUT2D eigenvalue weighted by atomic mass is 16.8. The van der Waals surface area contributed by atoms with Gasteiger partial charge < -0.3 is 49.6 Å².